The summed E-state index contributed by atoms with van der Waals surface area (Å²) in [7, 11) is 0. The molecule has 8 nitrogen and oxygen atoms in total. The van der Waals surface area contributed by atoms with E-state index in [2.05, 4.69) is 38.0 Å². The first kappa shape index (κ1) is 20.5. The fraction of sp³-hybridized carbons (Fsp3) is 0.545. The molecule has 1 aromatic heterocycles. The third-order valence-electron chi connectivity index (χ3n) is 5.97. The number of nitrogens with one attached hydrogen (secondary N) is 2. The Kier molecular flexibility index (Phi) is 6.42. The minimum Gasteiger partial charge on any atom is -0.348 e. The monoisotopic (exact) mass is 410 g/mol. The number of likely N-dealkylation sites (tertiary alicyclic amines) is 1. The Morgan fingerprint density at radius 1 is 1.10 bits per heavy atom. The quantitative estimate of drug-likeness (QED) is 0.764. The third-order valence-corrected chi connectivity index (χ3v) is 5.97. The molecule has 2 N–H and O–H groups in total. The normalized spacial score (nSPS) is 20.2. The van der Waals surface area contributed by atoms with Crippen LogP contribution in [-0.2, 0) is 11.3 Å². The maximum atomic E-state index is 12.4. The molecular weight excluding hydrogens is 380 g/mol. The highest BCUT2D eigenvalue weighted by Crippen LogP contribution is 2.23. The summed E-state index contributed by atoms with van der Waals surface area (Å²) in [6.45, 7) is 4.27. The second-order valence-corrected chi connectivity index (χ2v) is 8.45. The number of hydrogen-bond acceptors (Lipinski definition) is 5. The van der Waals surface area contributed by atoms with Gasteiger partial charge in [0, 0.05) is 31.7 Å². The van der Waals surface area contributed by atoms with Gasteiger partial charge in [0.2, 0.25) is 5.91 Å². The van der Waals surface area contributed by atoms with E-state index in [1.165, 1.54) is 25.3 Å². The Morgan fingerprint density at radius 2 is 1.87 bits per heavy atom. The first-order valence-corrected chi connectivity index (χ1v) is 10.9. The van der Waals surface area contributed by atoms with Gasteiger partial charge in [0.25, 0.3) is 5.91 Å². The molecule has 1 saturated heterocycles. The van der Waals surface area contributed by atoms with Crippen molar-refractivity contribution in [1.29, 1.82) is 0 Å². The molecule has 0 spiro atoms. The van der Waals surface area contributed by atoms with Crippen LogP contribution in [0.3, 0.4) is 0 Å². The van der Waals surface area contributed by atoms with Crippen molar-refractivity contribution in [3.63, 3.8) is 0 Å². The Bertz CT molecular complexity index is 872. The van der Waals surface area contributed by atoms with Gasteiger partial charge in [0.15, 0.2) is 5.69 Å². The van der Waals surface area contributed by atoms with Crippen LogP contribution in [-0.4, -0.2) is 50.8 Å². The molecular formula is C22H30N6O2. The van der Waals surface area contributed by atoms with Crippen LogP contribution >= 0.6 is 0 Å². The molecule has 160 valence electrons. The van der Waals surface area contributed by atoms with E-state index in [9.17, 15) is 9.59 Å². The lowest BCUT2D eigenvalue weighted by atomic mass is 10.0. The molecule has 8 heteroatoms. The smallest absolute Gasteiger partial charge is 0.273 e. The fourth-order valence-corrected chi connectivity index (χ4v) is 4.43. The number of benzene rings is 1. The van der Waals surface area contributed by atoms with Gasteiger partial charge in [-0.3, -0.25) is 14.5 Å². The van der Waals surface area contributed by atoms with Crippen molar-refractivity contribution in [3.8, 4) is 0 Å². The highest BCUT2D eigenvalue weighted by molar-refractivity contribution is 5.92. The molecule has 1 aliphatic carbocycles. The van der Waals surface area contributed by atoms with Crippen molar-refractivity contribution in [1.82, 2.24) is 25.2 Å². The van der Waals surface area contributed by atoms with Crippen LogP contribution < -0.4 is 10.6 Å². The van der Waals surface area contributed by atoms with Gasteiger partial charge in [-0.25, -0.2) is 4.68 Å². The molecule has 4 rings (SSSR count). The summed E-state index contributed by atoms with van der Waals surface area (Å²) >= 11 is 0. The second kappa shape index (κ2) is 9.38. The van der Waals surface area contributed by atoms with E-state index in [-0.39, 0.29) is 23.9 Å². The Labute approximate surface area is 177 Å². The summed E-state index contributed by atoms with van der Waals surface area (Å²) in [6.07, 6.45) is 8.40. The summed E-state index contributed by atoms with van der Waals surface area (Å²) in [6, 6.07) is 8.48. The standard InChI is InChI=1S/C22H30N6O2/c1-16(29)23-19-10-8-17(9-11-19)13-27-12-4-7-20(14-27)28-15-21(25-26-28)22(30)24-18-5-2-3-6-18/h8-11,15,18,20H,2-7,12-14H2,1H3,(H,23,29)(H,24,30)/t20-/m0/s1. The molecule has 0 radical (unpaired) electrons. The lowest BCUT2D eigenvalue weighted by Crippen LogP contribution is -2.36. The largest absolute Gasteiger partial charge is 0.348 e. The van der Waals surface area contributed by atoms with E-state index < -0.39 is 0 Å². The molecule has 1 atom stereocenters. The van der Waals surface area contributed by atoms with Crippen molar-refractivity contribution in [2.75, 3.05) is 18.4 Å². The number of carbonyl (C=O) groups excluding carboxylic acids is 2. The van der Waals surface area contributed by atoms with E-state index in [1.54, 1.807) is 6.20 Å². The van der Waals surface area contributed by atoms with Crippen LogP contribution in [0.5, 0.6) is 0 Å². The number of hydrogen-bond donors (Lipinski definition) is 2. The van der Waals surface area contributed by atoms with Crippen LogP contribution in [0.2, 0.25) is 0 Å². The minimum absolute atomic E-state index is 0.0641. The maximum absolute atomic E-state index is 12.4. The van der Waals surface area contributed by atoms with Crippen molar-refractivity contribution in [3.05, 3.63) is 41.7 Å². The number of rotatable bonds is 6. The summed E-state index contributed by atoms with van der Waals surface area (Å²) in [5.41, 5.74) is 2.43. The third kappa shape index (κ3) is 5.24. The van der Waals surface area contributed by atoms with Crippen LogP contribution in [0.25, 0.3) is 0 Å². The molecule has 2 amide bonds. The maximum Gasteiger partial charge on any atom is 0.273 e. The van der Waals surface area contributed by atoms with Gasteiger partial charge in [-0.2, -0.15) is 0 Å². The lowest BCUT2D eigenvalue weighted by molar-refractivity contribution is -0.114. The zero-order valence-electron chi connectivity index (χ0n) is 17.5. The molecule has 1 saturated carbocycles. The highest BCUT2D eigenvalue weighted by Gasteiger charge is 2.24. The van der Waals surface area contributed by atoms with Gasteiger partial charge in [0.05, 0.1) is 12.2 Å². The Balaban J connectivity index is 1.33. The van der Waals surface area contributed by atoms with Gasteiger partial charge >= 0.3 is 0 Å². The second-order valence-electron chi connectivity index (χ2n) is 8.45. The van der Waals surface area contributed by atoms with Crippen molar-refractivity contribution in [2.24, 2.45) is 0 Å². The molecule has 2 heterocycles. The number of aromatic nitrogens is 3. The summed E-state index contributed by atoms with van der Waals surface area (Å²) in [5.74, 6) is -0.175. The molecule has 2 aromatic rings. The summed E-state index contributed by atoms with van der Waals surface area (Å²) < 4.78 is 1.86. The van der Waals surface area contributed by atoms with E-state index in [4.69, 9.17) is 0 Å². The van der Waals surface area contributed by atoms with Gasteiger partial charge in [-0.05, 0) is 49.9 Å². The van der Waals surface area contributed by atoms with E-state index in [0.717, 1.165) is 51.0 Å². The van der Waals surface area contributed by atoms with E-state index >= 15 is 0 Å². The van der Waals surface area contributed by atoms with Crippen LogP contribution in [0.1, 0.15) is 67.5 Å². The van der Waals surface area contributed by atoms with Crippen molar-refractivity contribution >= 4 is 17.5 Å². The SMILES string of the molecule is CC(=O)Nc1ccc(CN2CCC[C@H](n3cc(C(=O)NC4CCCC4)nn3)C2)cc1. The van der Waals surface area contributed by atoms with Crippen LogP contribution in [0.4, 0.5) is 5.69 Å². The zero-order valence-corrected chi connectivity index (χ0v) is 17.5. The number of nitrogens with zero attached hydrogens (tertiary/aromatic N) is 4. The van der Waals surface area contributed by atoms with Crippen LogP contribution in [0.15, 0.2) is 30.5 Å². The van der Waals surface area contributed by atoms with Gasteiger partial charge in [-0.1, -0.05) is 30.2 Å². The van der Waals surface area contributed by atoms with E-state index in [0.29, 0.717) is 5.69 Å². The minimum atomic E-state index is -0.111. The fourth-order valence-electron chi connectivity index (χ4n) is 4.43. The average Bonchev–Trinajstić information content (AvgIpc) is 3.41. The molecule has 2 aliphatic rings. The Hall–Kier alpha value is -2.74. The molecule has 0 bridgehead atoms. The first-order chi connectivity index (χ1) is 14.6. The van der Waals surface area contributed by atoms with Gasteiger partial charge in [-0.15, -0.1) is 5.10 Å². The molecule has 0 unspecified atom stereocenters. The lowest BCUT2D eigenvalue weighted by Gasteiger charge is -2.32. The topological polar surface area (TPSA) is 92.2 Å². The number of anilines is 1. The number of carbonyl (C=O) groups is 2. The molecule has 30 heavy (non-hydrogen) atoms. The number of amides is 2. The molecule has 2 fully saturated rings. The predicted octanol–water partition coefficient (Wildman–Crippen LogP) is 2.75. The Morgan fingerprint density at radius 3 is 2.60 bits per heavy atom. The molecule has 1 aliphatic heterocycles. The predicted molar refractivity (Wildman–Crippen MR) is 114 cm³/mol. The van der Waals surface area contributed by atoms with Gasteiger partial charge < -0.3 is 10.6 Å². The number of piperidine rings is 1. The van der Waals surface area contributed by atoms with Gasteiger partial charge in [0.1, 0.15) is 0 Å². The average molecular weight is 411 g/mol. The summed E-state index contributed by atoms with van der Waals surface area (Å²) in [5, 5.41) is 14.3. The van der Waals surface area contributed by atoms with Crippen molar-refractivity contribution in [2.45, 2.75) is 64.1 Å². The summed E-state index contributed by atoms with van der Waals surface area (Å²) in [4.78, 5) is 26.0. The molecule has 1 aromatic carbocycles. The van der Waals surface area contributed by atoms with Crippen molar-refractivity contribution < 1.29 is 9.59 Å². The first-order valence-electron chi connectivity index (χ1n) is 10.9. The highest BCUT2D eigenvalue weighted by atomic mass is 16.2. The zero-order chi connectivity index (χ0) is 20.9. The van der Waals surface area contributed by atoms with Crippen LogP contribution in [0, 0.1) is 0 Å². The van der Waals surface area contributed by atoms with E-state index in [1.807, 2.05) is 16.8 Å².